The monoisotopic (exact) mass is 381 g/mol. The molecule has 0 radical (unpaired) electrons. The summed E-state index contributed by atoms with van der Waals surface area (Å²) in [6, 6.07) is 19.0. The van der Waals surface area contributed by atoms with Gasteiger partial charge in [0.2, 0.25) is 0 Å². The number of anilines is 3. The van der Waals surface area contributed by atoms with Crippen molar-refractivity contribution in [3.63, 3.8) is 0 Å². The Hall–Kier alpha value is -2.66. The Bertz CT molecular complexity index is 845. The highest BCUT2D eigenvalue weighted by molar-refractivity contribution is 9.10. The first-order valence-corrected chi connectivity index (χ1v) is 8.26. The average Bonchev–Trinajstić information content (AvgIpc) is 2.57. The van der Waals surface area contributed by atoms with E-state index >= 15 is 0 Å². The maximum atomic E-state index is 12.2. The Kier molecular flexibility index (Phi) is 4.91. The lowest BCUT2D eigenvalue weighted by molar-refractivity contribution is 0.102. The molecule has 0 aliphatic heterocycles. The molecule has 0 spiro atoms. The molecule has 0 saturated heterocycles. The molecule has 3 rings (SSSR count). The van der Waals surface area contributed by atoms with Crippen molar-refractivity contribution in [3.8, 4) is 0 Å². The Balaban J connectivity index is 1.67. The van der Waals surface area contributed by atoms with Gasteiger partial charge >= 0.3 is 0 Å². The number of amides is 1. The van der Waals surface area contributed by atoms with E-state index in [0.29, 0.717) is 5.69 Å². The van der Waals surface area contributed by atoms with Crippen LogP contribution < -0.4 is 10.6 Å². The third kappa shape index (κ3) is 4.20. The highest BCUT2D eigenvalue weighted by atomic mass is 79.9. The molecule has 0 unspecified atom stereocenters. The number of nitrogens with one attached hydrogen (secondary N) is 2. The largest absolute Gasteiger partial charge is 0.354 e. The third-order valence-electron chi connectivity index (χ3n) is 3.42. The molecule has 1 amide bonds. The number of nitrogens with zero attached hydrogens (tertiary/aromatic N) is 1. The summed E-state index contributed by atoms with van der Waals surface area (Å²) in [6.45, 7) is 2.05. The van der Waals surface area contributed by atoms with Gasteiger partial charge in [-0.15, -0.1) is 0 Å². The molecule has 2 N–H and O–H groups in total. The van der Waals surface area contributed by atoms with Crippen molar-refractivity contribution in [2.75, 3.05) is 10.6 Å². The summed E-state index contributed by atoms with van der Waals surface area (Å²) >= 11 is 3.38. The van der Waals surface area contributed by atoms with Crippen LogP contribution in [0.5, 0.6) is 0 Å². The van der Waals surface area contributed by atoms with Gasteiger partial charge in [0.15, 0.2) is 0 Å². The molecule has 0 atom stereocenters. The molecule has 1 aromatic heterocycles. The summed E-state index contributed by atoms with van der Waals surface area (Å²) < 4.78 is 0.908. The van der Waals surface area contributed by atoms with Crippen molar-refractivity contribution in [2.24, 2.45) is 0 Å². The predicted molar refractivity (Wildman–Crippen MR) is 101 cm³/mol. The predicted octanol–water partition coefficient (Wildman–Crippen LogP) is 5.15. The van der Waals surface area contributed by atoms with E-state index in [2.05, 4.69) is 31.5 Å². The van der Waals surface area contributed by atoms with Crippen LogP contribution in [-0.4, -0.2) is 10.9 Å². The van der Waals surface area contributed by atoms with E-state index in [1.54, 1.807) is 12.3 Å². The van der Waals surface area contributed by atoms with Gasteiger partial charge in [0, 0.05) is 15.8 Å². The lowest BCUT2D eigenvalue weighted by Gasteiger charge is -2.08. The summed E-state index contributed by atoms with van der Waals surface area (Å²) in [5.41, 5.74) is 4.10. The van der Waals surface area contributed by atoms with E-state index < -0.39 is 0 Å². The minimum atomic E-state index is -0.241. The molecule has 24 heavy (non-hydrogen) atoms. The highest BCUT2D eigenvalue weighted by Crippen LogP contribution is 2.18. The van der Waals surface area contributed by atoms with Crippen LogP contribution >= 0.6 is 15.9 Å². The molecule has 0 aliphatic carbocycles. The topological polar surface area (TPSA) is 54.0 Å². The molecule has 0 saturated carbocycles. The normalized spacial score (nSPS) is 10.2. The van der Waals surface area contributed by atoms with Crippen LogP contribution in [0, 0.1) is 6.92 Å². The van der Waals surface area contributed by atoms with Crippen molar-refractivity contribution in [1.82, 2.24) is 4.98 Å². The van der Waals surface area contributed by atoms with E-state index in [9.17, 15) is 4.79 Å². The molecule has 0 aliphatic rings. The first kappa shape index (κ1) is 16.2. The summed E-state index contributed by atoms with van der Waals surface area (Å²) in [5.74, 6) is -0.241. The van der Waals surface area contributed by atoms with Gasteiger partial charge in [-0.1, -0.05) is 39.7 Å². The number of hydrogen-bond donors (Lipinski definition) is 2. The summed E-state index contributed by atoms with van der Waals surface area (Å²) in [5, 5.41) is 6.08. The fraction of sp³-hybridized carbons (Fsp3) is 0.0526. The van der Waals surface area contributed by atoms with Crippen LogP contribution in [0.3, 0.4) is 0 Å². The molecule has 2 aromatic carbocycles. The fourth-order valence-corrected chi connectivity index (χ4v) is 2.57. The number of aromatic nitrogens is 1. The van der Waals surface area contributed by atoms with Crippen molar-refractivity contribution < 1.29 is 4.79 Å². The molecule has 5 heteroatoms. The van der Waals surface area contributed by atoms with Crippen molar-refractivity contribution >= 4 is 38.9 Å². The molecule has 1 heterocycles. The second-order valence-corrected chi connectivity index (χ2v) is 6.30. The number of aryl methyl sites for hydroxylation is 1. The molecule has 0 bridgehead atoms. The van der Waals surface area contributed by atoms with E-state index in [1.165, 1.54) is 5.56 Å². The second kappa shape index (κ2) is 7.27. The Morgan fingerprint density at radius 1 is 0.958 bits per heavy atom. The van der Waals surface area contributed by atoms with Gasteiger partial charge in [0.25, 0.3) is 5.91 Å². The third-order valence-corrected chi connectivity index (χ3v) is 3.91. The number of benzene rings is 2. The van der Waals surface area contributed by atoms with Crippen molar-refractivity contribution in [2.45, 2.75) is 6.92 Å². The number of pyridine rings is 1. The SMILES string of the molecule is Cc1ccc(Nc2ccc(C(=O)Nc3cccc(Br)c3)nc2)cc1. The summed E-state index contributed by atoms with van der Waals surface area (Å²) in [7, 11) is 0. The minimum absolute atomic E-state index is 0.241. The quantitative estimate of drug-likeness (QED) is 0.656. The van der Waals surface area contributed by atoms with Gasteiger partial charge in [-0.2, -0.15) is 0 Å². The zero-order valence-electron chi connectivity index (χ0n) is 13.1. The van der Waals surface area contributed by atoms with Crippen LogP contribution in [0.25, 0.3) is 0 Å². The first-order valence-electron chi connectivity index (χ1n) is 7.47. The van der Waals surface area contributed by atoms with Gasteiger partial charge in [-0.3, -0.25) is 4.79 Å². The second-order valence-electron chi connectivity index (χ2n) is 5.39. The Morgan fingerprint density at radius 2 is 1.71 bits per heavy atom. The molecule has 0 fully saturated rings. The number of carbonyl (C=O) groups excluding carboxylic acids is 1. The standard InChI is InChI=1S/C19H16BrN3O/c1-13-5-7-15(8-6-13)22-17-9-10-18(21-12-17)19(24)23-16-4-2-3-14(20)11-16/h2-12,22H,1H3,(H,23,24). The fourth-order valence-electron chi connectivity index (χ4n) is 2.17. The Labute approximate surface area is 149 Å². The zero-order chi connectivity index (χ0) is 16.9. The molecular weight excluding hydrogens is 366 g/mol. The first-order chi connectivity index (χ1) is 11.6. The van der Waals surface area contributed by atoms with Crippen LogP contribution in [0.4, 0.5) is 17.1 Å². The molecule has 120 valence electrons. The van der Waals surface area contributed by atoms with Crippen LogP contribution in [0.15, 0.2) is 71.3 Å². The van der Waals surface area contributed by atoms with Crippen LogP contribution in [0.1, 0.15) is 16.1 Å². The van der Waals surface area contributed by atoms with E-state index in [1.807, 2.05) is 61.5 Å². The average molecular weight is 382 g/mol. The number of rotatable bonds is 4. The number of halogens is 1. The van der Waals surface area contributed by atoms with E-state index in [4.69, 9.17) is 0 Å². The van der Waals surface area contributed by atoms with E-state index in [0.717, 1.165) is 21.5 Å². The van der Waals surface area contributed by atoms with Crippen molar-refractivity contribution in [1.29, 1.82) is 0 Å². The smallest absolute Gasteiger partial charge is 0.274 e. The van der Waals surface area contributed by atoms with Crippen LogP contribution in [0.2, 0.25) is 0 Å². The lowest BCUT2D eigenvalue weighted by Crippen LogP contribution is -2.13. The maximum absolute atomic E-state index is 12.2. The van der Waals surface area contributed by atoms with Gasteiger partial charge in [-0.25, -0.2) is 4.98 Å². The van der Waals surface area contributed by atoms with Gasteiger partial charge in [0.05, 0.1) is 11.9 Å². The van der Waals surface area contributed by atoms with Gasteiger partial charge in [0.1, 0.15) is 5.69 Å². The maximum Gasteiger partial charge on any atom is 0.274 e. The number of carbonyl (C=O) groups is 1. The Morgan fingerprint density at radius 3 is 2.38 bits per heavy atom. The van der Waals surface area contributed by atoms with Crippen LogP contribution in [-0.2, 0) is 0 Å². The van der Waals surface area contributed by atoms with Crippen molar-refractivity contribution in [3.05, 3.63) is 82.6 Å². The van der Waals surface area contributed by atoms with Gasteiger partial charge in [-0.05, 0) is 49.4 Å². The van der Waals surface area contributed by atoms with Gasteiger partial charge < -0.3 is 10.6 Å². The number of hydrogen-bond acceptors (Lipinski definition) is 3. The molecular formula is C19H16BrN3O. The summed E-state index contributed by atoms with van der Waals surface area (Å²) in [6.07, 6.45) is 1.65. The molecule has 3 aromatic rings. The minimum Gasteiger partial charge on any atom is -0.354 e. The van der Waals surface area contributed by atoms with E-state index in [-0.39, 0.29) is 5.91 Å². The highest BCUT2D eigenvalue weighted by Gasteiger charge is 2.08. The molecule has 4 nitrogen and oxygen atoms in total. The zero-order valence-corrected chi connectivity index (χ0v) is 14.7. The summed E-state index contributed by atoms with van der Waals surface area (Å²) in [4.78, 5) is 16.4. The lowest BCUT2D eigenvalue weighted by atomic mass is 10.2.